The Kier molecular flexibility index (Phi) is 8.90. The number of imidazole rings is 1. The Morgan fingerprint density at radius 3 is 2.82 bits per heavy atom. The lowest BCUT2D eigenvalue weighted by atomic mass is 9.98. The van der Waals surface area contributed by atoms with Gasteiger partial charge in [0.2, 0.25) is 5.75 Å². The highest BCUT2D eigenvalue weighted by molar-refractivity contribution is 7.34. The molecule has 3 heterocycles. The second-order valence-corrected chi connectivity index (χ2v) is 9.89. The van der Waals surface area contributed by atoms with Crippen molar-refractivity contribution in [1.29, 1.82) is 0 Å². The standard InChI is InChI=1S/C24H30FN6O7P/c1-5-10-26-20-18-21(28-12-27-20)31(13-29-18)23-24(3,25)19(32)17(37-23)11-36-15-8-6-7-9-16(15)38-39(34)30-14(2)22(33)35-4/h6-9,12-14,17,19,23,32H,5,10-11H2,1-4H3,(H,26,27,28)/t14-,17+,19+,23?,24+/m0/s1. The van der Waals surface area contributed by atoms with Gasteiger partial charge in [-0.3, -0.25) is 9.09 Å². The van der Waals surface area contributed by atoms with Gasteiger partial charge in [0.05, 0.1) is 13.4 Å². The molecule has 2 N–H and O–H groups in total. The first-order chi connectivity index (χ1) is 18.7. The molecule has 15 heteroatoms. The molecule has 0 aliphatic carbocycles. The van der Waals surface area contributed by atoms with Gasteiger partial charge >= 0.3 is 14.1 Å². The quantitative estimate of drug-likeness (QED) is 0.260. The third-order valence-corrected chi connectivity index (χ3v) is 7.00. The van der Waals surface area contributed by atoms with E-state index in [0.717, 1.165) is 6.42 Å². The first-order valence-electron chi connectivity index (χ1n) is 12.3. The van der Waals surface area contributed by atoms with Gasteiger partial charge in [0.25, 0.3) is 0 Å². The second-order valence-electron chi connectivity index (χ2n) is 9.00. The van der Waals surface area contributed by atoms with Crippen molar-refractivity contribution in [3.05, 3.63) is 36.9 Å². The molecule has 1 saturated heterocycles. The average molecular weight is 565 g/mol. The normalized spacial score (nSPS) is 24.0. The van der Waals surface area contributed by atoms with Crippen LogP contribution in [-0.4, -0.2) is 74.8 Å². The minimum absolute atomic E-state index is 0.0795. The van der Waals surface area contributed by atoms with E-state index in [4.69, 9.17) is 14.0 Å². The third-order valence-electron chi connectivity index (χ3n) is 6.11. The van der Waals surface area contributed by atoms with Gasteiger partial charge in [-0.2, -0.15) is 0 Å². The summed E-state index contributed by atoms with van der Waals surface area (Å²) in [6.07, 6.45) is -0.263. The van der Waals surface area contributed by atoms with Gasteiger partial charge in [0.1, 0.15) is 25.1 Å². The number of aliphatic hydroxyl groups is 1. The van der Waals surface area contributed by atoms with Crippen LogP contribution >= 0.6 is 8.17 Å². The molecule has 0 bridgehead atoms. The Balaban J connectivity index is 1.49. The van der Waals surface area contributed by atoms with Gasteiger partial charge in [-0.15, -0.1) is 0 Å². The van der Waals surface area contributed by atoms with E-state index in [9.17, 15) is 14.8 Å². The van der Waals surface area contributed by atoms with Gasteiger partial charge in [-0.05, 0) is 32.4 Å². The molecule has 2 aromatic heterocycles. The maximum absolute atomic E-state index is 15.9. The van der Waals surface area contributed by atoms with Gasteiger partial charge in [0, 0.05) is 6.54 Å². The van der Waals surface area contributed by atoms with Crippen LogP contribution in [0.15, 0.2) is 41.7 Å². The van der Waals surface area contributed by atoms with E-state index >= 15 is 4.39 Å². The molecular formula is C24H30FN6O7P. The first-order valence-corrected chi connectivity index (χ1v) is 13.4. The van der Waals surface area contributed by atoms with Gasteiger partial charge in [-0.25, -0.2) is 24.1 Å². The van der Waals surface area contributed by atoms with E-state index in [1.165, 1.54) is 44.2 Å². The lowest BCUT2D eigenvalue weighted by Crippen LogP contribution is -2.41. The molecule has 3 aromatic rings. The number of nitrogens with one attached hydrogen (secondary N) is 1. The Morgan fingerprint density at radius 2 is 2.10 bits per heavy atom. The number of benzene rings is 1. The van der Waals surface area contributed by atoms with Crippen LogP contribution in [0.1, 0.15) is 33.4 Å². The number of hydrogen-bond acceptors (Lipinski definition) is 12. The Hall–Kier alpha value is -3.45. The number of methoxy groups -OCH3 is 1. The SMILES string of the molecule is CCCNc1ncnc2c1ncn2C1O[C@H](COc2ccccc2O[P+]([O-])=N[C@@H](C)C(=O)OC)[C@@H](O)[C@@]1(C)F. The minimum atomic E-state index is -2.63. The Morgan fingerprint density at radius 1 is 1.36 bits per heavy atom. The lowest BCUT2D eigenvalue weighted by Gasteiger charge is -2.24. The summed E-state index contributed by atoms with van der Waals surface area (Å²) in [6.45, 7) is 5.09. The number of halogens is 1. The number of alkyl halides is 1. The van der Waals surface area contributed by atoms with E-state index < -0.39 is 44.3 Å². The third kappa shape index (κ3) is 6.09. The molecule has 0 spiro atoms. The summed E-state index contributed by atoms with van der Waals surface area (Å²) in [5.74, 6) is 0.0976. The molecule has 13 nitrogen and oxygen atoms in total. The van der Waals surface area contributed by atoms with Gasteiger partial charge in [0.15, 0.2) is 40.7 Å². The molecule has 1 aromatic carbocycles. The first kappa shape index (κ1) is 28.6. The zero-order valence-electron chi connectivity index (χ0n) is 21.9. The van der Waals surface area contributed by atoms with Crippen molar-refractivity contribution in [1.82, 2.24) is 19.5 Å². The van der Waals surface area contributed by atoms with Crippen LogP contribution in [0.25, 0.3) is 11.2 Å². The number of carbonyl (C=O) groups is 1. The molecule has 2 unspecified atom stereocenters. The number of carbonyl (C=O) groups excluding carboxylic acids is 1. The average Bonchev–Trinajstić information content (AvgIpc) is 3.44. The van der Waals surface area contributed by atoms with Crippen LogP contribution in [0.3, 0.4) is 0 Å². The molecule has 1 aliphatic heterocycles. The number of esters is 1. The van der Waals surface area contributed by atoms with Gasteiger partial charge in [-0.1, -0.05) is 23.8 Å². The van der Waals surface area contributed by atoms with Gasteiger partial charge < -0.3 is 29.5 Å². The van der Waals surface area contributed by atoms with Crippen molar-refractivity contribution < 1.29 is 37.9 Å². The highest BCUT2D eigenvalue weighted by Crippen LogP contribution is 2.43. The molecule has 1 aliphatic rings. The summed E-state index contributed by atoms with van der Waals surface area (Å²) < 4.78 is 42.7. The van der Waals surface area contributed by atoms with E-state index in [1.54, 1.807) is 18.2 Å². The predicted molar refractivity (Wildman–Crippen MR) is 137 cm³/mol. The number of hydrogen-bond donors (Lipinski definition) is 2. The number of fused-ring (bicyclic) bond motifs is 1. The van der Waals surface area contributed by atoms with Crippen molar-refractivity contribution in [3.8, 4) is 11.5 Å². The van der Waals surface area contributed by atoms with Crippen molar-refractivity contribution in [3.63, 3.8) is 0 Å². The molecule has 39 heavy (non-hydrogen) atoms. The van der Waals surface area contributed by atoms with Crippen molar-refractivity contribution >= 4 is 31.1 Å². The summed E-state index contributed by atoms with van der Waals surface area (Å²) in [7, 11) is -1.43. The van der Waals surface area contributed by atoms with Crippen LogP contribution in [0, 0.1) is 0 Å². The number of para-hydroxylation sites is 2. The molecule has 6 atom stereocenters. The predicted octanol–water partition coefficient (Wildman–Crippen LogP) is 2.51. The second kappa shape index (κ2) is 12.2. The summed E-state index contributed by atoms with van der Waals surface area (Å²) >= 11 is 0. The molecule has 0 radical (unpaired) electrons. The number of nitrogens with zero attached hydrogens (tertiary/aromatic N) is 5. The number of ether oxygens (including phenoxy) is 3. The summed E-state index contributed by atoms with van der Waals surface area (Å²) in [6, 6.07) is 5.33. The van der Waals surface area contributed by atoms with Crippen LogP contribution in [0.2, 0.25) is 0 Å². The van der Waals surface area contributed by atoms with Crippen molar-refractivity contribution in [2.24, 2.45) is 4.74 Å². The lowest BCUT2D eigenvalue weighted by molar-refractivity contribution is -0.169. The molecule has 0 amide bonds. The molecule has 0 saturated carbocycles. The zero-order chi connectivity index (χ0) is 28.2. The number of anilines is 1. The Labute approximate surface area is 224 Å². The van der Waals surface area contributed by atoms with Crippen molar-refractivity contribution in [2.45, 2.75) is 57.3 Å². The smallest absolute Gasteiger partial charge is 0.395 e. The highest BCUT2D eigenvalue weighted by Gasteiger charge is 2.55. The maximum Gasteiger partial charge on any atom is 0.395 e. The fraction of sp³-hybridized carbons (Fsp3) is 0.500. The molecule has 1 fully saturated rings. The fourth-order valence-corrected chi connectivity index (χ4v) is 4.77. The molecular weight excluding hydrogens is 534 g/mol. The van der Waals surface area contributed by atoms with E-state index in [2.05, 4.69) is 29.8 Å². The summed E-state index contributed by atoms with van der Waals surface area (Å²) in [5.41, 5.74) is -1.42. The fourth-order valence-electron chi connectivity index (χ4n) is 4.03. The zero-order valence-corrected chi connectivity index (χ0v) is 22.7. The van der Waals surface area contributed by atoms with Crippen LogP contribution in [0.5, 0.6) is 11.5 Å². The Bertz CT molecular complexity index is 1340. The van der Waals surface area contributed by atoms with E-state index in [-0.39, 0.29) is 18.1 Å². The largest absolute Gasteiger partial charge is 0.575 e. The van der Waals surface area contributed by atoms with Crippen LogP contribution in [-0.2, 0) is 14.3 Å². The number of rotatable bonds is 11. The van der Waals surface area contributed by atoms with Crippen molar-refractivity contribution in [2.75, 3.05) is 25.6 Å². The summed E-state index contributed by atoms with van der Waals surface area (Å²) in [4.78, 5) is 36.6. The van der Waals surface area contributed by atoms with E-state index in [0.29, 0.717) is 23.5 Å². The van der Waals surface area contributed by atoms with E-state index in [1.807, 2.05) is 6.92 Å². The highest BCUT2D eigenvalue weighted by atomic mass is 31.1. The maximum atomic E-state index is 15.9. The molecule has 210 valence electrons. The number of aliphatic hydroxyl groups excluding tert-OH is 1. The monoisotopic (exact) mass is 564 g/mol. The summed E-state index contributed by atoms with van der Waals surface area (Å²) in [5, 5.41) is 14.0. The number of aromatic nitrogens is 4. The van der Waals surface area contributed by atoms with Crippen LogP contribution < -0.4 is 19.5 Å². The molecule has 4 rings (SSSR count). The van der Waals surface area contributed by atoms with Crippen LogP contribution in [0.4, 0.5) is 10.2 Å². The minimum Gasteiger partial charge on any atom is -0.575 e. The topological polar surface area (TPSA) is 165 Å².